The second-order valence-corrected chi connectivity index (χ2v) is 5.43. The van der Waals surface area contributed by atoms with Crippen LogP contribution in [0.2, 0.25) is 5.02 Å². The first-order chi connectivity index (χ1) is 10.2. The number of likely N-dealkylation sites (tertiary alicyclic amines) is 1. The van der Waals surface area contributed by atoms with Crippen molar-refractivity contribution in [3.63, 3.8) is 0 Å². The van der Waals surface area contributed by atoms with E-state index in [9.17, 15) is 4.79 Å². The summed E-state index contributed by atoms with van der Waals surface area (Å²) in [7, 11) is 3.08. The Morgan fingerprint density at radius 2 is 1.71 bits per heavy atom. The summed E-state index contributed by atoms with van der Waals surface area (Å²) in [6, 6.07) is 3.20. The molecule has 1 saturated heterocycles. The highest BCUT2D eigenvalue weighted by atomic mass is 35.5. The van der Waals surface area contributed by atoms with Crippen molar-refractivity contribution in [3.8, 4) is 11.5 Å². The third-order valence-corrected chi connectivity index (χ3v) is 3.90. The molecule has 0 atom stereocenters. The zero-order chi connectivity index (χ0) is 15.2. The molecule has 5 nitrogen and oxygen atoms in total. The highest BCUT2D eigenvalue weighted by Crippen LogP contribution is 2.36. The van der Waals surface area contributed by atoms with Crippen LogP contribution in [0.3, 0.4) is 0 Å². The van der Waals surface area contributed by atoms with Crippen LogP contribution in [0.1, 0.15) is 25.7 Å². The van der Waals surface area contributed by atoms with E-state index >= 15 is 0 Å². The van der Waals surface area contributed by atoms with Crippen molar-refractivity contribution in [3.05, 3.63) is 17.2 Å². The minimum Gasteiger partial charge on any atom is -0.495 e. The number of urea groups is 1. The standard InChI is InChI=1S/C15H21ClN2O3/c1-20-13-10-12(14(21-2)9-11(13)16)17-15(19)18-7-5-3-4-6-8-18/h9-10H,3-8H2,1-2H3,(H,17,19). The SMILES string of the molecule is COc1cc(NC(=O)N2CCCCCC2)c(OC)cc1Cl. The molecule has 6 heteroatoms. The van der Waals surface area contributed by atoms with Gasteiger partial charge in [0.25, 0.3) is 0 Å². The molecule has 0 bridgehead atoms. The maximum atomic E-state index is 12.4. The summed E-state index contributed by atoms with van der Waals surface area (Å²) in [4.78, 5) is 14.2. The van der Waals surface area contributed by atoms with Gasteiger partial charge < -0.3 is 19.7 Å². The predicted molar refractivity (Wildman–Crippen MR) is 83.6 cm³/mol. The minimum absolute atomic E-state index is 0.112. The number of halogens is 1. The minimum atomic E-state index is -0.112. The molecule has 0 unspecified atom stereocenters. The highest BCUT2D eigenvalue weighted by molar-refractivity contribution is 6.32. The number of hydrogen-bond acceptors (Lipinski definition) is 3. The number of carbonyl (C=O) groups excluding carboxylic acids is 1. The number of nitrogens with zero attached hydrogens (tertiary/aromatic N) is 1. The van der Waals surface area contributed by atoms with Gasteiger partial charge in [-0.25, -0.2) is 4.79 Å². The van der Waals surface area contributed by atoms with E-state index in [1.54, 1.807) is 19.2 Å². The van der Waals surface area contributed by atoms with Crippen LogP contribution in [0.15, 0.2) is 12.1 Å². The second kappa shape index (κ2) is 7.41. The van der Waals surface area contributed by atoms with Crippen molar-refractivity contribution in [1.29, 1.82) is 0 Å². The Labute approximate surface area is 130 Å². The van der Waals surface area contributed by atoms with E-state index in [1.165, 1.54) is 20.0 Å². The summed E-state index contributed by atoms with van der Waals surface area (Å²) in [6.45, 7) is 1.58. The van der Waals surface area contributed by atoms with Crippen molar-refractivity contribution in [2.45, 2.75) is 25.7 Å². The lowest BCUT2D eigenvalue weighted by molar-refractivity contribution is 0.213. The molecule has 1 aliphatic rings. The highest BCUT2D eigenvalue weighted by Gasteiger charge is 2.18. The second-order valence-electron chi connectivity index (χ2n) is 5.02. The van der Waals surface area contributed by atoms with E-state index in [1.807, 2.05) is 4.90 Å². The molecule has 1 aromatic carbocycles. The van der Waals surface area contributed by atoms with Gasteiger partial charge in [0.15, 0.2) is 0 Å². The Morgan fingerprint density at radius 1 is 1.10 bits per heavy atom. The van der Waals surface area contributed by atoms with Crippen LogP contribution >= 0.6 is 11.6 Å². The fraction of sp³-hybridized carbons (Fsp3) is 0.533. The number of methoxy groups -OCH3 is 2. The van der Waals surface area contributed by atoms with E-state index in [4.69, 9.17) is 21.1 Å². The van der Waals surface area contributed by atoms with Gasteiger partial charge in [-0.2, -0.15) is 0 Å². The molecule has 2 rings (SSSR count). The number of nitrogens with one attached hydrogen (secondary N) is 1. The summed E-state index contributed by atoms with van der Waals surface area (Å²) in [5.74, 6) is 1.02. The van der Waals surface area contributed by atoms with Crippen molar-refractivity contribution in [1.82, 2.24) is 4.90 Å². The van der Waals surface area contributed by atoms with Gasteiger partial charge in [0, 0.05) is 25.2 Å². The Balaban J connectivity index is 2.15. The van der Waals surface area contributed by atoms with Crippen molar-refractivity contribution < 1.29 is 14.3 Å². The van der Waals surface area contributed by atoms with E-state index in [0.717, 1.165) is 25.9 Å². The summed E-state index contributed by atoms with van der Waals surface area (Å²) < 4.78 is 10.4. The van der Waals surface area contributed by atoms with Gasteiger partial charge in [-0.3, -0.25) is 0 Å². The number of carbonyl (C=O) groups is 1. The molecule has 1 N–H and O–H groups in total. The first kappa shape index (κ1) is 15.8. The van der Waals surface area contributed by atoms with Crippen LogP contribution in [0, 0.1) is 0 Å². The molecule has 0 spiro atoms. The molecule has 21 heavy (non-hydrogen) atoms. The maximum Gasteiger partial charge on any atom is 0.321 e. The first-order valence-electron chi connectivity index (χ1n) is 7.13. The first-order valence-corrected chi connectivity index (χ1v) is 7.51. The lowest BCUT2D eigenvalue weighted by Gasteiger charge is -2.22. The van der Waals surface area contributed by atoms with Crippen molar-refractivity contribution in [2.75, 3.05) is 32.6 Å². The van der Waals surface area contributed by atoms with Gasteiger partial charge >= 0.3 is 6.03 Å². The lowest BCUT2D eigenvalue weighted by Crippen LogP contribution is -2.35. The molecule has 2 amide bonds. The number of amides is 2. The summed E-state index contributed by atoms with van der Waals surface area (Å²) in [6.07, 6.45) is 4.47. The molecule has 0 aliphatic carbocycles. The molecule has 0 aromatic heterocycles. The van der Waals surface area contributed by atoms with Crippen LogP contribution in [0.4, 0.5) is 10.5 Å². The maximum absolute atomic E-state index is 12.4. The van der Waals surface area contributed by atoms with E-state index in [2.05, 4.69) is 5.32 Å². The monoisotopic (exact) mass is 312 g/mol. The molecule has 1 aromatic rings. The smallest absolute Gasteiger partial charge is 0.321 e. The van der Waals surface area contributed by atoms with Gasteiger partial charge in [0.1, 0.15) is 11.5 Å². The Bertz CT molecular complexity index is 500. The Hall–Kier alpha value is -1.62. The van der Waals surface area contributed by atoms with Crippen LogP contribution in [-0.2, 0) is 0 Å². The van der Waals surface area contributed by atoms with Gasteiger partial charge in [-0.1, -0.05) is 24.4 Å². The third kappa shape index (κ3) is 3.94. The van der Waals surface area contributed by atoms with Crippen LogP contribution in [0.25, 0.3) is 0 Å². The van der Waals surface area contributed by atoms with Gasteiger partial charge in [0.2, 0.25) is 0 Å². The third-order valence-electron chi connectivity index (χ3n) is 3.61. The lowest BCUT2D eigenvalue weighted by atomic mass is 10.2. The molecule has 1 heterocycles. The molecular weight excluding hydrogens is 292 g/mol. The normalized spacial score (nSPS) is 15.3. The van der Waals surface area contributed by atoms with Crippen LogP contribution in [0.5, 0.6) is 11.5 Å². The molecule has 0 radical (unpaired) electrons. The fourth-order valence-corrected chi connectivity index (χ4v) is 2.66. The van der Waals surface area contributed by atoms with Crippen LogP contribution in [-0.4, -0.2) is 38.2 Å². The van der Waals surface area contributed by atoms with Crippen LogP contribution < -0.4 is 14.8 Å². The summed E-state index contributed by atoms with van der Waals surface area (Å²) in [5, 5.41) is 3.33. The molecule has 1 aliphatic heterocycles. The average molecular weight is 313 g/mol. The van der Waals surface area contributed by atoms with Crippen molar-refractivity contribution in [2.24, 2.45) is 0 Å². The number of anilines is 1. The Kier molecular flexibility index (Phi) is 5.56. The van der Waals surface area contributed by atoms with Crippen molar-refractivity contribution >= 4 is 23.3 Å². The van der Waals surface area contributed by atoms with E-state index in [-0.39, 0.29) is 6.03 Å². The number of ether oxygens (including phenoxy) is 2. The van der Waals surface area contributed by atoms with Gasteiger partial charge in [-0.15, -0.1) is 0 Å². The topological polar surface area (TPSA) is 50.8 Å². The molecule has 116 valence electrons. The zero-order valence-electron chi connectivity index (χ0n) is 12.4. The van der Waals surface area contributed by atoms with Gasteiger partial charge in [0.05, 0.1) is 24.9 Å². The summed E-state index contributed by atoms with van der Waals surface area (Å²) in [5.41, 5.74) is 0.563. The van der Waals surface area contributed by atoms with E-state index < -0.39 is 0 Å². The largest absolute Gasteiger partial charge is 0.495 e. The zero-order valence-corrected chi connectivity index (χ0v) is 13.2. The quantitative estimate of drug-likeness (QED) is 0.924. The number of benzene rings is 1. The van der Waals surface area contributed by atoms with Gasteiger partial charge in [-0.05, 0) is 12.8 Å². The summed E-state index contributed by atoms with van der Waals surface area (Å²) >= 11 is 6.06. The fourth-order valence-electron chi connectivity index (χ4n) is 2.43. The number of rotatable bonds is 3. The number of hydrogen-bond donors (Lipinski definition) is 1. The molecule has 0 saturated carbocycles. The van der Waals surface area contributed by atoms with E-state index in [0.29, 0.717) is 22.2 Å². The average Bonchev–Trinajstić information content (AvgIpc) is 2.77. The molecular formula is C15H21ClN2O3. The predicted octanol–water partition coefficient (Wildman–Crippen LogP) is 3.77. The Morgan fingerprint density at radius 3 is 2.29 bits per heavy atom. The molecule has 1 fully saturated rings.